The van der Waals surface area contributed by atoms with E-state index < -0.39 is 274 Å². The molecular formula is C61H128N6O39P2. The Morgan fingerprint density at radius 1 is 0.519 bits per heavy atom. The van der Waals surface area contributed by atoms with Gasteiger partial charge in [-0.15, -0.1) is 0 Å². The maximum absolute atomic E-state index is 14.5. The number of aliphatic carboxylic acids is 2. The number of phosphoric ester groups is 2. The molecule has 0 aromatic heterocycles. The lowest BCUT2D eigenvalue weighted by Gasteiger charge is -2.50. The monoisotopic (exact) mass is 1630 g/mol. The minimum absolute atomic E-state index is 0. The molecular weight excluding hydrogens is 1500 g/mol. The van der Waals surface area contributed by atoms with Crippen LogP contribution >= 0.6 is 15.6 Å². The second-order valence-electron chi connectivity index (χ2n) is 23.4. The summed E-state index contributed by atoms with van der Waals surface area (Å²) in [4.78, 5) is 149. The largest absolute Gasteiger partial charge is 0.477 e. The number of aliphatic hydroxyl groups is 10. The van der Waals surface area contributed by atoms with Crippen LogP contribution in [0.4, 0.5) is 0 Å². The van der Waals surface area contributed by atoms with Crippen LogP contribution in [-0.4, -0.2) is 301 Å². The highest BCUT2D eigenvalue weighted by Crippen LogP contribution is 2.46. The number of rotatable bonds is 39. The van der Waals surface area contributed by atoms with E-state index in [0.29, 0.717) is 0 Å². The molecule has 0 radical (unpaired) electrons. The Morgan fingerprint density at radius 3 is 1.44 bits per heavy atom. The van der Waals surface area contributed by atoms with Gasteiger partial charge in [-0.1, -0.05) is 92.5 Å². The normalized spacial score (nSPS) is 29.6. The van der Waals surface area contributed by atoms with Gasteiger partial charge in [0.15, 0.2) is 24.8 Å². The van der Waals surface area contributed by atoms with Gasteiger partial charge >= 0.3 is 51.5 Å². The summed E-state index contributed by atoms with van der Waals surface area (Å²) in [5.74, 6) is -18.0. The maximum Gasteiger partial charge on any atom is 0.472 e. The van der Waals surface area contributed by atoms with Crippen molar-refractivity contribution in [1.82, 2.24) is 35.2 Å². The first-order valence-corrected chi connectivity index (χ1v) is 34.4. The van der Waals surface area contributed by atoms with Gasteiger partial charge in [0.2, 0.25) is 11.8 Å². The molecule has 0 bridgehead atoms. The van der Waals surface area contributed by atoms with E-state index in [1.807, 2.05) is 0 Å². The van der Waals surface area contributed by atoms with Gasteiger partial charge in [0.25, 0.3) is 11.6 Å². The lowest BCUT2D eigenvalue weighted by molar-refractivity contribution is -0.378. The molecule has 2 amide bonds. The van der Waals surface area contributed by atoms with Gasteiger partial charge in [-0.05, 0) is 25.7 Å². The molecule has 4 aliphatic heterocycles. The zero-order valence-corrected chi connectivity index (χ0v) is 58.8. The summed E-state index contributed by atoms with van der Waals surface area (Å²) in [6.07, 6.45) is -49.5. The van der Waals surface area contributed by atoms with E-state index in [1.165, 1.54) is 34.6 Å². The SMILES string of the molecule is C.C.C.C.C.C.CCC[C@H](CC(=O)N[C@H]1[C@H](OC[C@H]2O[C@H](OP(=O)(O)O)[C@H](NC(=O)C[C@H](O)CC)[C@@H](OC(=O)C[C@H](O)CC)[C@@H]2O)O[C@H](CO[C@]2(C(=O)O)C[C@@H](O[C@]3(C(=O)O)C[C@@H](O)[C@H](O)[C@@H]([C@H](O)CO)O3)[C@H](O)[C@@H]([C@H](O)CO)O2)[C@@H](OP(=O)(O)O)[C@@H]1OC(=O)C[C@@H](CC)OC(=O)CC)OC(=O)CC.N.N.N.N. The van der Waals surface area contributed by atoms with Crippen LogP contribution in [0.5, 0.6) is 0 Å². The van der Waals surface area contributed by atoms with Crippen molar-refractivity contribution in [1.29, 1.82) is 0 Å². The topological polar surface area (TPSA) is 778 Å². The van der Waals surface area contributed by atoms with Crippen LogP contribution in [0.3, 0.4) is 0 Å². The molecule has 0 saturated carbocycles. The number of carbonyl (C=O) groups is 8. The highest BCUT2D eigenvalue weighted by molar-refractivity contribution is 7.46. The Morgan fingerprint density at radius 2 is 0.972 bits per heavy atom. The van der Waals surface area contributed by atoms with Crippen LogP contribution in [0.1, 0.15) is 170 Å². The molecule has 0 aromatic carbocycles. The number of amides is 2. The van der Waals surface area contributed by atoms with Crippen LogP contribution in [-0.2, 0) is 109 Å². The summed E-state index contributed by atoms with van der Waals surface area (Å²) < 4.78 is 98.8. The number of hydrogen-bond acceptors (Lipinski definition) is 37. The van der Waals surface area contributed by atoms with Crippen LogP contribution in [0.15, 0.2) is 0 Å². The van der Waals surface area contributed by atoms with Gasteiger partial charge in [0, 0.05) is 25.7 Å². The first-order valence-electron chi connectivity index (χ1n) is 31.3. The predicted octanol–water partition coefficient (Wildman–Crippen LogP) is -1.05. The molecule has 108 heavy (non-hydrogen) atoms. The number of phosphoric acid groups is 2. The Kier molecular flexibility index (Phi) is 56.5. The van der Waals surface area contributed by atoms with E-state index in [0.717, 1.165) is 0 Å². The molecule has 47 heteroatoms. The molecule has 4 fully saturated rings. The molecule has 646 valence electrons. The third-order valence-corrected chi connectivity index (χ3v) is 16.9. The van der Waals surface area contributed by atoms with Gasteiger partial charge in [-0.3, -0.25) is 37.8 Å². The zero-order valence-electron chi connectivity index (χ0n) is 57.0. The molecule has 0 aliphatic carbocycles. The number of nitrogens with one attached hydrogen (secondary N) is 2. The second kappa shape index (κ2) is 52.4. The number of carboxylic acids is 2. The second-order valence-corrected chi connectivity index (χ2v) is 25.8. The first kappa shape index (κ1) is 116. The number of carboxylic acid groups (broad SMARTS) is 2. The van der Waals surface area contributed by atoms with Crippen LogP contribution in [0.25, 0.3) is 0 Å². The summed E-state index contributed by atoms with van der Waals surface area (Å²) in [5.41, 5.74) is 0. The van der Waals surface area contributed by atoms with E-state index in [4.69, 9.17) is 61.2 Å². The van der Waals surface area contributed by atoms with Crippen molar-refractivity contribution >= 4 is 63.3 Å². The van der Waals surface area contributed by atoms with E-state index >= 15 is 0 Å². The lowest BCUT2D eigenvalue weighted by Crippen LogP contribution is -2.69. The Labute approximate surface area is 628 Å². The maximum atomic E-state index is 14.5. The van der Waals surface area contributed by atoms with Gasteiger partial charge in [0.05, 0.1) is 76.5 Å². The van der Waals surface area contributed by atoms with Crippen molar-refractivity contribution in [2.75, 3.05) is 26.4 Å². The van der Waals surface area contributed by atoms with Crippen molar-refractivity contribution in [3.63, 3.8) is 0 Å². The van der Waals surface area contributed by atoms with E-state index in [2.05, 4.69) is 10.6 Å². The average Bonchev–Trinajstić information content (AvgIpc) is 0.754. The number of ether oxygens (including phenoxy) is 11. The fourth-order valence-electron chi connectivity index (χ4n) is 10.7. The molecule has 45 nitrogen and oxygen atoms in total. The van der Waals surface area contributed by atoms with Crippen LogP contribution in [0.2, 0.25) is 0 Å². The summed E-state index contributed by atoms with van der Waals surface area (Å²) >= 11 is 0. The molecule has 0 unspecified atom stereocenters. The van der Waals surface area contributed by atoms with E-state index in [-0.39, 0.29) is 114 Å². The van der Waals surface area contributed by atoms with Gasteiger partial charge in [0.1, 0.15) is 85.3 Å². The van der Waals surface area contributed by atoms with Gasteiger partial charge in [-0.25, -0.2) is 18.7 Å². The molecule has 4 saturated heterocycles. The molecule has 4 aliphatic rings. The van der Waals surface area contributed by atoms with E-state index in [1.54, 1.807) is 6.92 Å². The van der Waals surface area contributed by atoms with Crippen molar-refractivity contribution in [3.8, 4) is 0 Å². The van der Waals surface area contributed by atoms with E-state index in [9.17, 15) is 128 Å². The molecule has 30 N–H and O–H groups in total. The zero-order chi connectivity index (χ0) is 73.9. The lowest BCUT2D eigenvalue weighted by atomic mass is 9.90. The fraction of sp³-hybridized carbons (Fsp3) is 0.869. The Bertz CT molecular complexity index is 2750. The predicted molar refractivity (Wildman–Crippen MR) is 375 cm³/mol. The minimum Gasteiger partial charge on any atom is -0.477 e. The first-order chi connectivity index (χ1) is 45.8. The number of hydrogen-bond donors (Lipinski definition) is 22. The minimum atomic E-state index is -6.11. The summed E-state index contributed by atoms with van der Waals surface area (Å²) in [7, 11) is -11.9. The van der Waals surface area contributed by atoms with Crippen molar-refractivity contribution in [2.45, 2.75) is 316 Å². The highest BCUT2D eigenvalue weighted by atomic mass is 31.2. The fourth-order valence-corrected chi connectivity index (χ4v) is 11.7. The van der Waals surface area contributed by atoms with Crippen LogP contribution < -0.4 is 35.2 Å². The quantitative estimate of drug-likeness (QED) is 0.0198. The summed E-state index contributed by atoms with van der Waals surface area (Å²) in [6.45, 7) is 3.34. The van der Waals surface area contributed by atoms with Gasteiger partial charge < -0.3 is 168 Å². The smallest absolute Gasteiger partial charge is 0.472 e. The number of esters is 4. The highest BCUT2D eigenvalue weighted by Gasteiger charge is 2.62. The molecule has 24 atom stereocenters. The average molecular weight is 1630 g/mol. The Hall–Kier alpha value is -4.86. The summed E-state index contributed by atoms with van der Waals surface area (Å²) in [5, 5.41) is 133. The van der Waals surface area contributed by atoms with Gasteiger partial charge in [-0.2, -0.15) is 0 Å². The van der Waals surface area contributed by atoms with Crippen molar-refractivity contribution in [2.24, 2.45) is 0 Å². The summed E-state index contributed by atoms with van der Waals surface area (Å²) in [6, 6.07) is -4.41. The third kappa shape index (κ3) is 33.4. The van der Waals surface area contributed by atoms with Crippen molar-refractivity contribution < 1.29 is 189 Å². The molecule has 0 spiro atoms. The third-order valence-electron chi connectivity index (χ3n) is 15.9. The van der Waals surface area contributed by atoms with Crippen LogP contribution in [0, 0.1) is 0 Å². The molecule has 0 aromatic rings. The number of aliphatic hydroxyl groups excluding tert-OH is 10. The standard InChI is InChI=1S/C55H92N2O39P2.6CH4.4H3N/c1-7-13-27(87-37(68)12-6)16-35(66)57-41-49(91-39(70)17-26(10-4)86-36(67)11-5)47(95-97(78,79)80)33(23-85-54(52(74)75)19-31(43(72)46(93-54)30(64)21-59)92-55(53(76)77)18-28(62)42(71)45(94-55)29(63)20-58)89-50(41)84-22-32-44(73)48(90-38(69)15-25(61)9-3)40(51(88-32)96-98(81,82)83)56-34(65)14-24(60)8-2;;;;;;;;;;/h24-33,40-51,58-64,71-73H,7-23H2,1-6H3,(H,56,65)(H,57,66)(H,74,75)(H,76,77)(H2,78,79,80)(H2,81,82,83);6*1H4;4*1H3/t24-,25-,26-,27-,28-,29-,30-,31-,32-,33-,40-,41-,42+,43+,44-,45-,46-,47-,48-,49-,50-,51-,54-,55-;;;;;;;;;;/m1........../s1. The van der Waals surface area contributed by atoms with Crippen molar-refractivity contribution in [3.05, 3.63) is 0 Å². The number of carbonyl (C=O) groups excluding carboxylic acids is 6. The molecule has 4 rings (SSSR count). The molecule has 4 heterocycles. The Balaban J connectivity index is -0.00000204.